The second kappa shape index (κ2) is 9.67. The SMILES string of the molecule is CC(SCC(=O)Nc1ccc(F)cc1)C(=O)NC1CCCCCC1. The Hall–Kier alpha value is -1.56. The molecule has 132 valence electrons. The second-order valence-corrected chi connectivity index (χ2v) is 7.53. The quantitative estimate of drug-likeness (QED) is 0.767. The van der Waals surface area contributed by atoms with Crippen molar-refractivity contribution in [3.8, 4) is 0 Å². The van der Waals surface area contributed by atoms with E-state index in [1.807, 2.05) is 6.92 Å². The highest BCUT2D eigenvalue weighted by atomic mass is 32.2. The average molecular weight is 352 g/mol. The van der Waals surface area contributed by atoms with E-state index in [-0.39, 0.29) is 34.7 Å². The lowest BCUT2D eigenvalue weighted by atomic mass is 10.1. The molecule has 1 aromatic carbocycles. The number of carbonyl (C=O) groups excluding carboxylic acids is 2. The number of halogens is 1. The predicted octanol–water partition coefficient (Wildman–Crippen LogP) is 3.72. The number of carbonyl (C=O) groups is 2. The number of benzene rings is 1. The molecule has 6 heteroatoms. The van der Waals surface area contributed by atoms with Crippen molar-refractivity contribution in [2.24, 2.45) is 0 Å². The van der Waals surface area contributed by atoms with E-state index in [2.05, 4.69) is 10.6 Å². The maximum absolute atomic E-state index is 12.8. The Bertz CT molecular complexity index is 542. The summed E-state index contributed by atoms with van der Waals surface area (Å²) in [7, 11) is 0. The van der Waals surface area contributed by atoms with Crippen LogP contribution in [0.4, 0.5) is 10.1 Å². The van der Waals surface area contributed by atoms with Crippen LogP contribution in [0.2, 0.25) is 0 Å². The molecule has 1 aliphatic carbocycles. The van der Waals surface area contributed by atoms with Gasteiger partial charge in [0.25, 0.3) is 0 Å². The van der Waals surface area contributed by atoms with Crippen molar-refractivity contribution >= 4 is 29.3 Å². The molecule has 1 aromatic rings. The molecule has 0 saturated heterocycles. The van der Waals surface area contributed by atoms with Crippen molar-refractivity contribution in [1.82, 2.24) is 5.32 Å². The molecule has 24 heavy (non-hydrogen) atoms. The Balaban J connectivity index is 1.70. The lowest BCUT2D eigenvalue weighted by Gasteiger charge is -2.19. The zero-order valence-electron chi connectivity index (χ0n) is 14.0. The van der Waals surface area contributed by atoms with Gasteiger partial charge in [0.05, 0.1) is 11.0 Å². The van der Waals surface area contributed by atoms with Crippen LogP contribution < -0.4 is 10.6 Å². The van der Waals surface area contributed by atoms with Crippen LogP contribution >= 0.6 is 11.8 Å². The number of anilines is 1. The first kappa shape index (κ1) is 18.8. The number of hydrogen-bond acceptors (Lipinski definition) is 3. The lowest BCUT2D eigenvalue weighted by molar-refractivity contribution is -0.121. The zero-order valence-corrected chi connectivity index (χ0v) is 14.8. The fourth-order valence-corrected chi connectivity index (χ4v) is 3.44. The van der Waals surface area contributed by atoms with Crippen LogP contribution in [0, 0.1) is 5.82 Å². The topological polar surface area (TPSA) is 58.2 Å². The molecular formula is C18H25FN2O2S. The maximum atomic E-state index is 12.8. The van der Waals surface area contributed by atoms with Gasteiger partial charge < -0.3 is 10.6 Å². The van der Waals surface area contributed by atoms with Crippen molar-refractivity contribution in [2.75, 3.05) is 11.1 Å². The van der Waals surface area contributed by atoms with Gasteiger partial charge in [0.1, 0.15) is 5.82 Å². The Morgan fingerprint density at radius 1 is 1.17 bits per heavy atom. The molecule has 1 fully saturated rings. The molecule has 2 amide bonds. The molecule has 4 nitrogen and oxygen atoms in total. The van der Waals surface area contributed by atoms with Crippen molar-refractivity contribution in [3.63, 3.8) is 0 Å². The summed E-state index contributed by atoms with van der Waals surface area (Å²) >= 11 is 1.31. The van der Waals surface area contributed by atoms with E-state index in [1.54, 1.807) is 0 Å². The minimum Gasteiger partial charge on any atom is -0.352 e. The lowest BCUT2D eigenvalue weighted by Crippen LogP contribution is -2.39. The Kier molecular flexibility index (Phi) is 7.56. The summed E-state index contributed by atoms with van der Waals surface area (Å²) in [6.07, 6.45) is 6.95. The van der Waals surface area contributed by atoms with Gasteiger partial charge >= 0.3 is 0 Å². The summed E-state index contributed by atoms with van der Waals surface area (Å²) in [6.45, 7) is 1.82. The van der Waals surface area contributed by atoms with Crippen LogP contribution in [0.3, 0.4) is 0 Å². The fraction of sp³-hybridized carbons (Fsp3) is 0.556. The summed E-state index contributed by atoms with van der Waals surface area (Å²) < 4.78 is 12.8. The van der Waals surface area contributed by atoms with E-state index < -0.39 is 0 Å². The molecular weight excluding hydrogens is 327 g/mol. The van der Waals surface area contributed by atoms with Gasteiger partial charge in [-0.25, -0.2) is 4.39 Å². The summed E-state index contributed by atoms with van der Waals surface area (Å²) in [5.41, 5.74) is 0.553. The van der Waals surface area contributed by atoms with E-state index in [1.165, 1.54) is 61.7 Å². The third kappa shape index (κ3) is 6.51. The van der Waals surface area contributed by atoms with Crippen LogP contribution in [0.25, 0.3) is 0 Å². The first-order valence-electron chi connectivity index (χ1n) is 8.52. The minimum absolute atomic E-state index is 0.00137. The molecule has 0 radical (unpaired) electrons. The number of nitrogens with one attached hydrogen (secondary N) is 2. The van der Waals surface area contributed by atoms with E-state index >= 15 is 0 Å². The monoisotopic (exact) mass is 352 g/mol. The van der Waals surface area contributed by atoms with Gasteiger partial charge in [-0.15, -0.1) is 11.8 Å². The molecule has 2 rings (SSSR count). The van der Waals surface area contributed by atoms with Crippen LogP contribution in [0.15, 0.2) is 24.3 Å². The molecule has 1 aliphatic rings. The number of thioether (sulfide) groups is 1. The predicted molar refractivity (Wildman–Crippen MR) is 96.6 cm³/mol. The summed E-state index contributed by atoms with van der Waals surface area (Å²) in [6, 6.07) is 5.90. The van der Waals surface area contributed by atoms with Gasteiger partial charge in [0.2, 0.25) is 11.8 Å². The van der Waals surface area contributed by atoms with Gasteiger partial charge in [-0.3, -0.25) is 9.59 Å². The largest absolute Gasteiger partial charge is 0.352 e. The van der Waals surface area contributed by atoms with Gasteiger partial charge in [0.15, 0.2) is 0 Å². The van der Waals surface area contributed by atoms with Gasteiger partial charge in [-0.1, -0.05) is 25.7 Å². The van der Waals surface area contributed by atoms with Crippen LogP contribution in [-0.2, 0) is 9.59 Å². The standard InChI is InChI=1S/C18H25FN2O2S/c1-13(18(23)21-15-6-4-2-3-5-7-15)24-12-17(22)20-16-10-8-14(19)9-11-16/h8-11,13,15H,2-7,12H2,1H3,(H,20,22)(H,21,23). The Labute approximate surface area is 147 Å². The zero-order chi connectivity index (χ0) is 17.4. The highest BCUT2D eigenvalue weighted by Gasteiger charge is 2.20. The van der Waals surface area contributed by atoms with Crippen LogP contribution in [0.5, 0.6) is 0 Å². The van der Waals surface area contributed by atoms with Gasteiger partial charge in [-0.2, -0.15) is 0 Å². The second-order valence-electron chi connectivity index (χ2n) is 6.21. The third-order valence-corrected chi connectivity index (χ3v) is 5.31. The molecule has 1 atom stereocenters. The molecule has 0 bridgehead atoms. The summed E-state index contributed by atoms with van der Waals surface area (Å²) in [5.74, 6) is -0.343. The number of hydrogen-bond donors (Lipinski definition) is 2. The smallest absolute Gasteiger partial charge is 0.234 e. The molecule has 0 aliphatic heterocycles. The first-order valence-corrected chi connectivity index (χ1v) is 9.57. The average Bonchev–Trinajstić information content (AvgIpc) is 2.83. The van der Waals surface area contributed by atoms with Crippen molar-refractivity contribution in [1.29, 1.82) is 0 Å². The normalized spacial score (nSPS) is 16.9. The molecule has 0 aromatic heterocycles. The van der Waals surface area contributed by atoms with Crippen molar-refractivity contribution in [3.05, 3.63) is 30.1 Å². The first-order chi connectivity index (χ1) is 11.5. The molecule has 1 unspecified atom stereocenters. The van der Waals surface area contributed by atoms with Crippen LogP contribution in [-0.4, -0.2) is 28.9 Å². The summed E-state index contributed by atoms with van der Waals surface area (Å²) in [5, 5.41) is 5.53. The van der Waals surface area contributed by atoms with Gasteiger partial charge in [0, 0.05) is 11.7 Å². The van der Waals surface area contributed by atoms with E-state index in [9.17, 15) is 14.0 Å². The van der Waals surface area contributed by atoms with E-state index in [0.29, 0.717) is 5.69 Å². The maximum Gasteiger partial charge on any atom is 0.234 e. The highest BCUT2D eigenvalue weighted by Crippen LogP contribution is 2.19. The van der Waals surface area contributed by atoms with Gasteiger partial charge in [-0.05, 0) is 44.0 Å². The summed E-state index contributed by atoms with van der Waals surface area (Å²) in [4.78, 5) is 24.1. The third-order valence-electron chi connectivity index (χ3n) is 4.16. The number of rotatable bonds is 6. The minimum atomic E-state index is -0.342. The Morgan fingerprint density at radius 3 is 2.42 bits per heavy atom. The highest BCUT2D eigenvalue weighted by molar-refractivity contribution is 8.01. The Morgan fingerprint density at radius 2 is 1.79 bits per heavy atom. The van der Waals surface area contributed by atoms with E-state index in [0.717, 1.165) is 12.8 Å². The van der Waals surface area contributed by atoms with E-state index in [4.69, 9.17) is 0 Å². The molecule has 2 N–H and O–H groups in total. The number of amides is 2. The van der Waals surface area contributed by atoms with Crippen LogP contribution in [0.1, 0.15) is 45.4 Å². The molecule has 0 spiro atoms. The molecule has 1 saturated carbocycles. The fourth-order valence-electron chi connectivity index (χ4n) is 2.75. The molecule has 0 heterocycles. The van der Waals surface area contributed by atoms with Crippen molar-refractivity contribution in [2.45, 2.75) is 56.7 Å². The van der Waals surface area contributed by atoms with Crippen molar-refractivity contribution < 1.29 is 14.0 Å².